The number of pyridine rings is 1. The fourth-order valence-electron chi connectivity index (χ4n) is 1.66. The first-order valence-corrected chi connectivity index (χ1v) is 5.41. The number of hydrogen-bond acceptors (Lipinski definition) is 2. The molecule has 1 aromatic heterocycles. The average Bonchev–Trinajstić information content (AvgIpc) is 2.40. The second kappa shape index (κ2) is 5.24. The van der Waals surface area contributed by atoms with Gasteiger partial charge in [0.2, 0.25) is 0 Å². The maximum Gasteiger partial charge on any atom is 0.283 e. The second-order valence-corrected chi connectivity index (χ2v) is 3.80. The maximum atomic E-state index is 8.97. The van der Waals surface area contributed by atoms with Crippen molar-refractivity contribution < 1.29 is 9.67 Å². The van der Waals surface area contributed by atoms with Crippen molar-refractivity contribution in [3.8, 4) is 6.07 Å². The van der Waals surface area contributed by atoms with Crippen LogP contribution in [0.1, 0.15) is 16.8 Å². The fraction of sp³-hybridized carbons (Fsp3) is 0.143. The smallest absolute Gasteiger partial charge is 0.283 e. The van der Waals surface area contributed by atoms with Gasteiger partial charge in [-0.05, 0) is 11.6 Å². The van der Waals surface area contributed by atoms with Gasteiger partial charge in [-0.1, -0.05) is 24.3 Å². The number of nitriles is 1. The van der Waals surface area contributed by atoms with E-state index in [-0.39, 0.29) is 6.61 Å². The Hall–Kier alpha value is -2.18. The van der Waals surface area contributed by atoms with Crippen molar-refractivity contribution in [2.24, 2.45) is 0 Å². The molecule has 1 heterocycles. The van der Waals surface area contributed by atoms with Crippen LogP contribution in [-0.2, 0) is 13.2 Å². The van der Waals surface area contributed by atoms with Crippen LogP contribution in [0.5, 0.6) is 0 Å². The van der Waals surface area contributed by atoms with E-state index in [0.717, 1.165) is 11.1 Å². The van der Waals surface area contributed by atoms with Crippen molar-refractivity contribution in [3.05, 3.63) is 65.5 Å². The van der Waals surface area contributed by atoms with Crippen LogP contribution in [0.3, 0.4) is 0 Å². The highest BCUT2D eigenvalue weighted by molar-refractivity contribution is 5.21. The van der Waals surface area contributed by atoms with Crippen molar-refractivity contribution in [2.75, 3.05) is 0 Å². The molecular weight excluding hydrogens is 212 g/mol. The van der Waals surface area contributed by atoms with Gasteiger partial charge < -0.3 is 5.11 Å². The zero-order chi connectivity index (χ0) is 12.1. The van der Waals surface area contributed by atoms with Crippen LogP contribution in [0.25, 0.3) is 0 Å². The molecule has 84 valence electrons. The molecule has 3 nitrogen and oxygen atoms in total. The highest BCUT2D eigenvalue weighted by Crippen LogP contribution is 2.04. The predicted molar refractivity (Wildman–Crippen MR) is 62.8 cm³/mol. The van der Waals surface area contributed by atoms with Crippen molar-refractivity contribution in [1.29, 1.82) is 5.26 Å². The van der Waals surface area contributed by atoms with Crippen LogP contribution in [0.4, 0.5) is 0 Å². The van der Waals surface area contributed by atoms with Gasteiger partial charge in [-0.15, -0.1) is 0 Å². The molecule has 17 heavy (non-hydrogen) atoms. The molecule has 1 N–H and O–H groups in total. The summed E-state index contributed by atoms with van der Waals surface area (Å²) in [6.45, 7) is 0.720. The minimum absolute atomic E-state index is 0.0577. The lowest BCUT2D eigenvalue weighted by Gasteiger charge is -2.00. The maximum absolute atomic E-state index is 8.97. The lowest BCUT2D eigenvalue weighted by molar-refractivity contribution is -0.690. The molecule has 2 aromatic rings. The summed E-state index contributed by atoms with van der Waals surface area (Å²) in [5.74, 6) is 0. The van der Waals surface area contributed by atoms with Gasteiger partial charge >= 0.3 is 0 Å². The quantitative estimate of drug-likeness (QED) is 0.802. The van der Waals surface area contributed by atoms with Gasteiger partial charge in [0, 0.05) is 17.7 Å². The summed E-state index contributed by atoms with van der Waals surface area (Å²) in [6.07, 6.45) is 1.89. The molecule has 0 fully saturated rings. The number of aromatic nitrogens is 1. The molecule has 0 aliphatic carbocycles. The molecule has 0 bridgehead atoms. The van der Waals surface area contributed by atoms with Gasteiger partial charge in [0.15, 0.2) is 18.8 Å². The first-order chi connectivity index (χ1) is 8.33. The Kier molecular flexibility index (Phi) is 3.49. The number of nitrogens with zero attached hydrogens (tertiary/aromatic N) is 2. The summed E-state index contributed by atoms with van der Waals surface area (Å²) < 4.78 is 1.90. The van der Waals surface area contributed by atoms with Crippen molar-refractivity contribution in [2.45, 2.75) is 13.2 Å². The van der Waals surface area contributed by atoms with Crippen LogP contribution in [0.15, 0.2) is 48.7 Å². The van der Waals surface area contributed by atoms with E-state index in [1.165, 1.54) is 0 Å². The van der Waals surface area contributed by atoms with Crippen LogP contribution >= 0.6 is 0 Å². The number of aliphatic hydroxyl groups is 1. The zero-order valence-corrected chi connectivity index (χ0v) is 9.37. The van der Waals surface area contributed by atoms with Crippen molar-refractivity contribution >= 4 is 0 Å². The molecule has 0 atom stereocenters. The van der Waals surface area contributed by atoms with Gasteiger partial charge in [0.1, 0.15) is 0 Å². The minimum atomic E-state index is 0.0577. The average molecular weight is 225 g/mol. The molecular formula is C14H13N2O+. The SMILES string of the molecule is N#Cc1cccc[n+]1Cc1ccc(CO)cc1. The molecule has 3 heteroatoms. The summed E-state index contributed by atoms with van der Waals surface area (Å²) in [4.78, 5) is 0. The molecule has 0 aliphatic rings. The predicted octanol–water partition coefficient (Wildman–Crippen LogP) is 1.39. The zero-order valence-electron chi connectivity index (χ0n) is 9.37. The first-order valence-electron chi connectivity index (χ1n) is 5.41. The second-order valence-electron chi connectivity index (χ2n) is 3.80. The molecule has 0 saturated carbocycles. The standard InChI is InChI=1S/C14H13N2O/c15-9-14-3-1-2-8-16(14)10-12-4-6-13(11-17)7-5-12/h1-8,17H,10-11H2/q+1. The van der Waals surface area contributed by atoms with Crippen molar-refractivity contribution in [1.82, 2.24) is 0 Å². The van der Waals surface area contributed by atoms with E-state index in [9.17, 15) is 0 Å². The fourth-order valence-corrected chi connectivity index (χ4v) is 1.66. The van der Waals surface area contributed by atoms with Crippen LogP contribution in [0, 0.1) is 11.3 Å². The molecule has 0 spiro atoms. The highest BCUT2D eigenvalue weighted by Gasteiger charge is 2.08. The van der Waals surface area contributed by atoms with E-state index < -0.39 is 0 Å². The molecule has 0 saturated heterocycles. The molecule has 2 rings (SSSR count). The first kappa shape index (κ1) is 11.3. The van der Waals surface area contributed by atoms with E-state index in [2.05, 4.69) is 6.07 Å². The summed E-state index contributed by atoms with van der Waals surface area (Å²) >= 11 is 0. The lowest BCUT2D eigenvalue weighted by Crippen LogP contribution is -2.37. The van der Waals surface area contributed by atoms with Crippen molar-refractivity contribution in [3.63, 3.8) is 0 Å². The van der Waals surface area contributed by atoms with E-state index in [4.69, 9.17) is 10.4 Å². The molecule has 0 aliphatic heterocycles. The lowest BCUT2D eigenvalue weighted by atomic mass is 10.1. The Balaban J connectivity index is 2.23. The van der Waals surface area contributed by atoms with Gasteiger partial charge in [-0.3, -0.25) is 0 Å². The molecule has 0 radical (unpaired) electrons. The number of rotatable bonds is 3. The molecule has 1 aromatic carbocycles. The monoisotopic (exact) mass is 225 g/mol. The molecule has 0 unspecified atom stereocenters. The largest absolute Gasteiger partial charge is 0.392 e. The topological polar surface area (TPSA) is 47.9 Å². The van der Waals surface area contributed by atoms with E-state index >= 15 is 0 Å². The molecule has 0 amide bonds. The summed E-state index contributed by atoms with van der Waals surface area (Å²) in [5.41, 5.74) is 2.64. The van der Waals surface area contributed by atoms with E-state index in [1.807, 2.05) is 47.2 Å². The third-order valence-corrected chi connectivity index (χ3v) is 2.61. The van der Waals surface area contributed by atoms with Crippen LogP contribution in [0.2, 0.25) is 0 Å². The number of aliphatic hydroxyl groups excluding tert-OH is 1. The summed E-state index contributed by atoms with van der Waals surface area (Å²) in [5, 5.41) is 17.9. The normalized spacial score (nSPS) is 9.88. The number of benzene rings is 1. The minimum Gasteiger partial charge on any atom is -0.392 e. The third kappa shape index (κ3) is 2.68. The van der Waals surface area contributed by atoms with Gasteiger partial charge in [-0.2, -0.15) is 9.83 Å². The Morgan fingerprint density at radius 3 is 2.41 bits per heavy atom. The summed E-state index contributed by atoms with van der Waals surface area (Å²) in [7, 11) is 0. The Morgan fingerprint density at radius 1 is 1.06 bits per heavy atom. The van der Waals surface area contributed by atoms with Crippen LogP contribution < -0.4 is 4.57 Å². The van der Waals surface area contributed by atoms with E-state index in [1.54, 1.807) is 6.07 Å². The Bertz CT molecular complexity index is 541. The van der Waals surface area contributed by atoms with E-state index in [0.29, 0.717) is 12.2 Å². The Morgan fingerprint density at radius 2 is 1.76 bits per heavy atom. The summed E-state index contributed by atoms with van der Waals surface area (Å²) in [6, 6.07) is 15.4. The third-order valence-electron chi connectivity index (χ3n) is 2.61. The van der Waals surface area contributed by atoms with Gasteiger partial charge in [0.05, 0.1) is 6.61 Å². The Labute approximate surface area is 100 Å². The van der Waals surface area contributed by atoms with Gasteiger partial charge in [-0.25, -0.2) is 0 Å². The number of hydrogen-bond donors (Lipinski definition) is 1. The highest BCUT2D eigenvalue weighted by atomic mass is 16.3. The van der Waals surface area contributed by atoms with Gasteiger partial charge in [0.25, 0.3) is 5.69 Å². The van der Waals surface area contributed by atoms with Crippen LogP contribution in [-0.4, -0.2) is 5.11 Å².